The van der Waals surface area contributed by atoms with E-state index >= 15 is 0 Å². The molecule has 0 bridgehead atoms. The molecule has 0 spiro atoms. The van der Waals surface area contributed by atoms with Crippen LogP contribution in [0.4, 0.5) is 13.2 Å². The molecule has 1 aliphatic rings. The van der Waals surface area contributed by atoms with E-state index in [1.165, 1.54) is 11.2 Å². The second-order valence-corrected chi connectivity index (χ2v) is 9.47. The van der Waals surface area contributed by atoms with Crippen LogP contribution in [0.15, 0.2) is 42.1 Å². The fraction of sp³-hybridized carbons (Fsp3) is 0.538. The predicted molar refractivity (Wildman–Crippen MR) is 140 cm³/mol. The summed E-state index contributed by atoms with van der Waals surface area (Å²) < 4.78 is 39.8. The van der Waals surface area contributed by atoms with Crippen molar-refractivity contribution < 1.29 is 18.0 Å². The number of nitriles is 1. The molecule has 1 aromatic rings. The highest BCUT2D eigenvalue weighted by Crippen LogP contribution is 2.32. The van der Waals surface area contributed by atoms with E-state index in [4.69, 9.17) is 17.3 Å². The molecule has 11 heteroatoms. The fourth-order valence-corrected chi connectivity index (χ4v) is 4.50. The number of allylic oxidation sites excluding steroid dienone is 1. The van der Waals surface area contributed by atoms with Gasteiger partial charge >= 0.3 is 6.18 Å². The van der Waals surface area contributed by atoms with Crippen LogP contribution in [0, 0.1) is 17.2 Å². The van der Waals surface area contributed by atoms with Crippen molar-refractivity contribution in [2.45, 2.75) is 45.5 Å². The molecule has 1 aromatic carbocycles. The zero-order chi connectivity index (χ0) is 27.6. The van der Waals surface area contributed by atoms with E-state index in [2.05, 4.69) is 11.5 Å². The molecular formula is C26H36ClF3N6O. The number of hydrogen-bond donors (Lipinski definition) is 2. The summed E-state index contributed by atoms with van der Waals surface area (Å²) in [6.07, 6.45) is -1.15. The SMILES string of the molecule is CC=C(C#N)C(NN(C)C(=O)/C(=C\N)c1ccc(Cl)cc1)N1CCN(CCC(CCC)C(F)(F)F)CC1. The normalized spacial score (nSPS) is 17.8. The number of halogens is 4. The predicted octanol–water partition coefficient (Wildman–Crippen LogP) is 4.38. The molecule has 204 valence electrons. The molecule has 0 saturated carbocycles. The smallest absolute Gasteiger partial charge is 0.391 e. The van der Waals surface area contributed by atoms with Gasteiger partial charge in [-0.05, 0) is 44.0 Å². The average Bonchev–Trinajstić information content (AvgIpc) is 2.87. The molecule has 1 saturated heterocycles. The minimum absolute atomic E-state index is 0.0769. The van der Waals surface area contributed by atoms with Gasteiger partial charge in [0, 0.05) is 44.4 Å². The number of nitrogens with two attached hydrogens (primary N) is 1. The number of benzene rings is 1. The average molecular weight is 541 g/mol. The molecule has 3 N–H and O–H groups in total. The molecule has 1 amide bonds. The zero-order valence-electron chi connectivity index (χ0n) is 21.6. The summed E-state index contributed by atoms with van der Waals surface area (Å²) in [7, 11) is 1.56. The van der Waals surface area contributed by atoms with Crippen LogP contribution in [0.3, 0.4) is 0 Å². The van der Waals surface area contributed by atoms with Crippen LogP contribution in [-0.2, 0) is 4.79 Å². The second kappa shape index (κ2) is 14.4. The highest BCUT2D eigenvalue weighted by Gasteiger charge is 2.38. The number of hydrazine groups is 1. The first-order valence-corrected chi connectivity index (χ1v) is 12.7. The number of nitrogens with zero attached hydrogens (tertiary/aromatic N) is 4. The van der Waals surface area contributed by atoms with Crippen LogP contribution in [0.25, 0.3) is 5.57 Å². The van der Waals surface area contributed by atoms with Crippen molar-refractivity contribution in [1.82, 2.24) is 20.2 Å². The Hall–Kier alpha value is -2.58. The summed E-state index contributed by atoms with van der Waals surface area (Å²) >= 11 is 5.95. The number of carbonyl (C=O) groups excluding carboxylic acids is 1. The van der Waals surface area contributed by atoms with Gasteiger partial charge in [0.1, 0.15) is 6.17 Å². The van der Waals surface area contributed by atoms with E-state index < -0.39 is 24.2 Å². The van der Waals surface area contributed by atoms with Gasteiger partial charge in [-0.15, -0.1) is 0 Å². The Bertz CT molecular complexity index is 982. The highest BCUT2D eigenvalue weighted by atomic mass is 35.5. The number of nitrogens with one attached hydrogen (secondary N) is 1. The van der Waals surface area contributed by atoms with E-state index in [-0.39, 0.29) is 18.4 Å². The molecule has 1 aliphatic heterocycles. The van der Waals surface area contributed by atoms with Crippen LogP contribution in [0.2, 0.25) is 5.02 Å². The van der Waals surface area contributed by atoms with E-state index in [0.717, 1.165) is 0 Å². The van der Waals surface area contributed by atoms with Gasteiger partial charge in [0.05, 0.1) is 23.1 Å². The Morgan fingerprint density at radius 1 is 1.24 bits per heavy atom. The highest BCUT2D eigenvalue weighted by molar-refractivity contribution is 6.30. The lowest BCUT2D eigenvalue weighted by Gasteiger charge is -2.41. The van der Waals surface area contributed by atoms with Crippen LogP contribution in [-0.4, -0.2) is 72.8 Å². The number of likely N-dealkylation sites (N-methyl/N-ethyl adjacent to an activating group) is 1. The fourth-order valence-electron chi connectivity index (χ4n) is 4.38. The second-order valence-electron chi connectivity index (χ2n) is 9.03. The van der Waals surface area contributed by atoms with E-state index in [0.29, 0.717) is 55.3 Å². The van der Waals surface area contributed by atoms with Gasteiger partial charge < -0.3 is 10.6 Å². The standard InChI is InChI=1S/C26H36ClF3N6O/c1-4-6-21(26(28,29)30)11-12-35-13-15-36(16-14-35)24(19(5-2)17-31)33-34(3)25(37)23(18-32)20-7-9-22(27)10-8-20/h5,7-10,18,21,24,33H,4,6,11-16,32H2,1-3H3/b19-5?,23-18-. The molecule has 2 rings (SSSR count). The third-order valence-electron chi connectivity index (χ3n) is 6.57. The molecule has 0 aromatic heterocycles. The van der Waals surface area contributed by atoms with Crippen molar-refractivity contribution in [3.8, 4) is 6.07 Å². The largest absolute Gasteiger partial charge is 0.404 e. The number of amides is 1. The van der Waals surface area contributed by atoms with Gasteiger partial charge in [-0.2, -0.15) is 18.4 Å². The summed E-state index contributed by atoms with van der Waals surface area (Å²) in [5, 5.41) is 11.5. The quantitative estimate of drug-likeness (QED) is 0.246. The number of piperazine rings is 1. The molecule has 37 heavy (non-hydrogen) atoms. The molecule has 2 atom stereocenters. The Kier molecular flexibility index (Phi) is 11.9. The summed E-state index contributed by atoms with van der Waals surface area (Å²) in [6.45, 7) is 6.06. The van der Waals surface area contributed by atoms with E-state index in [1.807, 2.05) is 9.80 Å². The van der Waals surface area contributed by atoms with Crippen molar-refractivity contribution in [3.05, 3.63) is 52.7 Å². The molecule has 2 unspecified atom stereocenters. The summed E-state index contributed by atoms with van der Waals surface area (Å²) in [4.78, 5) is 17.2. The number of hydrogen-bond acceptors (Lipinski definition) is 6. The number of carbonyl (C=O) groups is 1. The molecule has 0 radical (unpaired) electrons. The topological polar surface area (TPSA) is 88.6 Å². The minimum Gasteiger partial charge on any atom is -0.404 e. The Morgan fingerprint density at radius 3 is 2.35 bits per heavy atom. The molecular weight excluding hydrogens is 505 g/mol. The summed E-state index contributed by atoms with van der Waals surface area (Å²) in [6, 6.07) is 8.90. The summed E-state index contributed by atoms with van der Waals surface area (Å²) in [5.41, 5.74) is 10.2. The van der Waals surface area contributed by atoms with Crippen LogP contribution in [0.5, 0.6) is 0 Å². The van der Waals surface area contributed by atoms with Crippen molar-refractivity contribution in [2.24, 2.45) is 11.7 Å². The Labute approximate surface area is 222 Å². The van der Waals surface area contributed by atoms with Gasteiger partial charge in [-0.1, -0.05) is 43.2 Å². The van der Waals surface area contributed by atoms with Crippen molar-refractivity contribution in [2.75, 3.05) is 39.8 Å². The minimum atomic E-state index is -4.18. The van der Waals surface area contributed by atoms with Crippen molar-refractivity contribution in [1.29, 1.82) is 5.26 Å². The van der Waals surface area contributed by atoms with Crippen molar-refractivity contribution in [3.63, 3.8) is 0 Å². The zero-order valence-corrected chi connectivity index (χ0v) is 22.3. The first-order valence-electron chi connectivity index (χ1n) is 12.4. The maximum atomic E-state index is 13.3. The third kappa shape index (κ3) is 8.75. The first kappa shape index (κ1) is 30.6. The number of rotatable bonds is 11. The van der Waals surface area contributed by atoms with Gasteiger partial charge in [0.25, 0.3) is 5.91 Å². The van der Waals surface area contributed by atoms with Gasteiger partial charge in [-0.3, -0.25) is 14.7 Å². The molecule has 1 fully saturated rings. The molecule has 0 aliphatic carbocycles. The first-order chi connectivity index (χ1) is 17.5. The Morgan fingerprint density at radius 2 is 1.86 bits per heavy atom. The lowest BCUT2D eigenvalue weighted by Crippen LogP contribution is -2.59. The van der Waals surface area contributed by atoms with Crippen molar-refractivity contribution >= 4 is 23.1 Å². The van der Waals surface area contributed by atoms with Gasteiger partial charge in [-0.25, -0.2) is 5.43 Å². The maximum Gasteiger partial charge on any atom is 0.391 e. The summed E-state index contributed by atoms with van der Waals surface area (Å²) in [5.74, 6) is -1.68. The van der Waals surface area contributed by atoms with E-state index in [9.17, 15) is 23.2 Å². The Balaban J connectivity index is 2.06. The van der Waals surface area contributed by atoms with Crippen LogP contribution >= 0.6 is 11.6 Å². The lowest BCUT2D eigenvalue weighted by atomic mass is 9.99. The molecule has 1 heterocycles. The maximum absolute atomic E-state index is 13.3. The van der Waals surface area contributed by atoms with Gasteiger partial charge in [0.2, 0.25) is 0 Å². The van der Waals surface area contributed by atoms with E-state index in [1.54, 1.807) is 51.2 Å². The lowest BCUT2D eigenvalue weighted by molar-refractivity contribution is -0.179. The molecule has 7 nitrogen and oxygen atoms in total. The van der Waals surface area contributed by atoms with Crippen LogP contribution < -0.4 is 11.2 Å². The third-order valence-corrected chi connectivity index (χ3v) is 6.83. The number of alkyl halides is 3. The van der Waals surface area contributed by atoms with Gasteiger partial charge in [0.15, 0.2) is 0 Å². The van der Waals surface area contributed by atoms with Crippen LogP contribution in [0.1, 0.15) is 38.7 Å². The monoisotopic (exact) mass is 540 g/mol.